The Morgan fingerprint density at radius 3 is 2.57 bits per heavy atom. The molecule has 0 radical (unpaired) electrons. The van der Waals surface area contributed by atoms with Crippen molar-refractivity contribution in [3.05, 3.63) is 27.3 Å². The number of benzene rings is 1. The Morgan fingerprint density at radius 1 is 1.43 bits per heavy atom. The van der Waals surface area contributed by atoms with Gasteiger partial charge in [-0.1, -0.05) is 0 Å². The lowest BCUT2D eigenvalue weighted by Crippen LogP contribution is -2.07. The van der Waals surface area contributed by atoms with E-state index in [2.05, 4.69) is 0 Å². The van der Waals surface area contributed by atoms with Gasteiger partial charge in [-0.2, -0.15) is 0 Å². The standard InChI is InChI=1S/C9H7IO4/c1-5(11)14-8-3-2-6(10)4-7(8)9(12)13/h2-4H,1H3,(H,12,13). The quantitative estimate of drug-likeness (QED) is 0.515. The summed E-state index contributed by atoms with van der Waals surface area (Å²) in [4.78, 5) is 21.4. The van der Waals surface area contributed by atoms with Crippen LogP contribution in [0.3, 0.4) is 0 Å². The summed E-state index contributed by atoms with van der Waals surface area (Å²) < 4.78 is 5.51. The van der Waals surface area contributed by atoms with Crippen LogP contribution in [0.15, 0.2) is 18.2 Å². The maximum atomic E-state index is 10.8. The molecule has 0 aromatic heterocycles. The molecular formula is C9H7IO4. The lowest BCUT2D eigenvalue weighted by molar-refractivity contribution is -0.131. The van der Waals surface area contributed by atoms with Crippen LogP contribution >= 0.6 is 22.6 Å². The van der Waals surface area contributed by atoms with Crippen molar-refractivity contribution in [2.24, 2.45) is 0 Å². The molecule has 0 aliphatic heterocycles. The van der Waals surface area contributed by atoms with Gasteiger partial charge in [0.2, 0.25) is 0 Å². The Kier molecular flexibility index (Phi) is 3.45. The molecule has 1 N–H and O–H groups in total. The lowest BCUT2D eigenvalue weighted by Gasteiger charge is -2.05. The Morgan fingerprint density at radius 2 is 2.07 bits per heavy atom. The van der Waals surface area contributed by atoms with Crippen LogP contribution in [0.25, 0.3) is 0 Å². The van der Waals surface area contributed by atoms with Gasteiger partial charge >= 0.3 is 11.9 Å². The number of rotatable bonds is 2. The minimum absolute atomic E-state index is 0.00731. The maximum absolute atomic E-state index is 10.8. The first-order chi connectivity index (χ1) is 6.50. The number of carbonyl (C=O) groups excluding carboxylic acids is 1. The zero-order chi connectivity index (χ0) is 10.7. The average Bonchev–Trinajstić information content (AvgIpc) is 2.07. The Hall–Kier alpha value is -1.11. The first-order valence-corrected chi connectivity index (χ1v) is 4.80. The van der Waals surface area contributed by atoms with Gasteiger partial charge in [-0.25, -0.2) is 4.79 Å². The molecule has 0 bridgehead atoms. The minimum atomic E-state index is -1.11. The summed E-state index contributed by atoms with van der Waals surface area (Å²) in [5, 5.41) is 8.81. The number of carboxylic acids is 1. The molecule has 0 amide bonds. The van der Waals surface area contributed by atoms with Crippen LogP contribution in [0.1, 0.15) is 17.3 Å². The summed E-state index contributed by atoms with van der Waals surface area (Å²) in [6.07, 6.45) is 0. The molecule has 14 heavy (non-hydrogen) atoms. The second kappa shape index (κ2) is 4.41. The van der Waals surface area contributed by atoms with Crippen LogP contribution in [-0.4, -0.2) is 17.0 Å². The van der Waals surface area contributed by atoms with Gasteiger partial charge in [0.15, 0.2) is 0 Å². The number of aromatic carboxylic acids is 1. The number of halogens is 1. The van der Waals surface area contributed by atoms with Crippen molar-refractivity contribution in [3.8, 4) is 5.75 Å². The van der Waals surface area contributed by atoms with Crippen molar-refractivity contribution in [3.63, 3.8) is 0 Å². The van der Waals surface area contributed by atoms with Crippen LogP contribution in [0.2, 0.25) is 0 Å². The summed E-state index contributed by atoms with van der Waals surface area (Å²) in [6.45, 7) is 1.23. The monoisotopic (exact) mass is 306 g/mol. The molecule has 0 unspecified atom stereocenters. The van der Waals surface area contributed by atoms with Crippen molar-refractivity contribution in [2.45, 2.75) is 6.92 Å². The SMILES string of the molecule is CC(=O)Oc1ccc(I)cc1C(=O)O. The summed E-state index contributed by atoms with van der Waals surface area (Å²) in [6, 6.07) is 4.58. The number of carbonyl (C=O) groups is 2. The molecule has 0 fully saturated rings. The van der Waals surface area contributed by atoms with Crippen LogP contribution in [0.5, 0.6) is 5.75 Å². The van der Waals surface area contributed by atoms with Gasteiger partial charge in [0, 0.05) is 10.5 Å². The third-order valence-corrected chi connectivity index (χ3v) is 2.10. The molecule has 0 aliphatic carbocycles. The van der Waals surface area contributed by atoms with Gasteiger partial charge < -0.3 is 9.84 Å². The van der Waals surface area contributed by atoms with Crippen molar-refractivity contribution < 1.29 is 19.4 Å². The zero-order valence-corrected chi connectivity index (χ0v) is 9.44. The van der Waals surface area contributed by atoms with E-state index in [1.165, 1.54) is 19.1 Å². The molecule has 0 saturated heterocycles. The van der Waals surface area contributed by atoms with Gasteiger partial charge in [-0.05, 0) is 40.8 Å². The molecule has 74 valence electrons. The van der Waals surface area contributed by atoms with E-state index in [4.69, 9.17) is 9.84 Å². The highest BCUT2D eigenvalue weighted by Gasteiger charge is 2.12. The molecule has 4 nitrogen and oxygen atoms in total. The first kappa shape index (κ1) is 11.0. The topological polar surface area (TPSA) is 63.6 Å². The number of ether oxygens (including phenoxy) is 1. The van der Waals surface area contributed by atoms with E-state index in [1.807, 2.05) is 22.6 Å². The summed E-state index contributed by atoms with van der Waals surface area (Å²) in [5.41, 5.74) is -0.00731. The molecule has 0 aliphatic rings. The third-order valence-electron chi connectivity index (χ3n) is 1.43. The van der Waals surface area contributed by atoms with Gasteiger partial charge in [0.1, 0.15) is 11.3 Å². The predicted molar refractivity (Wildman–Crippen MR) is 57.4 cm³/mol. The smallest absolute Gasteiger partial charge is 0.339 e. The highest BCUT2D eigenvalue weighted by Crippen LogP contribution is 2.21. The molecule has 0 saturated carbocycles. The number of carboxylic acid groups (broad SMARTS) is 1. The van der Waals surface area contributed by atoms with Crippen LogP contribution in [0, 0.1) is 3.57 Å². The Labute approximate surface area is 94.0 Å². The van der Waals surface area contributed by atoms with Crippen LogP contribution < -0.4 is 4.74 Å². The van der Waals surface area contributed by atoms with E-state index in [0.717, 1.165) is 3.57 Å². The predicted octanol–water partition coefficient (Wildman–Crippen LogP) is 1.91. The minimum Gasteiger partial charge on any atom is -0.478 e. The Bertz CT molecular complexity index is 386. The van der Waals surface area contributed by atoms with E-state index < -0.39 is 11.9 Å². The molecule has 1 rings (SSSR count). The normalized spacial score (nSPS) is 9.57. The van der Waals surface area contributed by atoms with Gasteiger partial charge in [-0.15, -0.1) is 0 Å². The Balaban J connectivity index is 3.14. The molecule has 0 atom stereocenters. The van der Waals surface area contributed by atoms with Crippen molar-refractivity contribution in [1.29, 1.82) is 0 Å². The fourth-order valence-electron chi connectivity index (χ4n) is 0.913. The van der Waals surface area contributed by atoms with Crippen molar-refractivity contribution in [2.75, 3.05) is 0 Å². The summed E-state index contributed by atoms with van der Waals surface area (Å²) in [7, 11) is 0. The summed E-state index contributed by atoms with van der Waals surface area (Å²) >= 11 is 1.99. The zero-order valence-electron chi connectivity index (χ0n) is 7.28. The number of esters is 1. The second-order valence-corrected chi connectivity index (χ2v) is 3.78. The van der Waals surface area contributed by atoms with Crippen molar-refractivity contribution >= 4 is 34.5 Å². The van der Waals surface area contributed by atoms with E-state index in [0.29, 0.717) is 0 Å². The molecule has 5 heteroatoms. The van der Waals surface area contributed by atoms with E-state index in [9.17, 15) is 9.59 Å². The molecule has 1 aromatic carbocycles. The highest BCUT2D eigenvalue weighted by atomic mass is 127. The van der Waals surface area contributed by atoms with E-state index >= 15 is 0 Å². The van der Waals surface area contributed by atoms with Crippen LogP contribution in [0.4, 0.5) is 0 Å². The molecule has 0 heterocycles. The first-order valence-electron chi connectivity index (χ1n) is 3.72. The number of hydrogen-bond donors (Lipinski definition) is 1. The highest BCUT2D eigenvalue weighted by molar-refractivity contribution is 14.1. The van der Waals surface area contributed by atoms with Gasteiger partial charge in [0.05, 0.1) is 0 Å². The largest absolute Gasteiger partial charge is 0.478 e. The number of hydrogen-bond acceptors (Lipinski definition) is 3. The fraction of sp³-hybridized carbons (Fsp3) is 0.111. The summed E-state index contributed by atoms with van der Waals surface area (Å²) in [5.74, 6) is -1.57. The van der Waals surface area contributed by atoms with Crippen molar-refractivity contribution in [1.82, 2.24) is 0 Å². The van der Waals surface area contributed by atoms with E-state index in [-0.39, 0.29) is 11.3 Å². The van der Waals surface area contributed by atoms with Gasteiger partial charge in [0.25, 0.3) is 0 Å². The fourth-order valence-corrected chi connectivity index (χ4v) is 1.40. The van der Waals surface area contributed by atoms with E-state index in [1.54, 1.807) is 6.07 Å². The molecular weight excluding hydrogens is 299 g/mol. The lowest BCUT2D eigenvalue weighted by atomic mass is 10.2. The molecule has 1 aromatic rings. The van der Waals surface area contributed by atoms with Crippen LogP contribution in [-0.2, 0) is 4.79 Å². The third kappa shape index (κ3) is 2.69. The average molecular weight is 306 g/mol. The van der Waals surface area contributed by atoms with Gasteiger partial charge in [-0.3, -0.25) is 4.79 Å². The molecule has 0 spiro atoms. The maximum Gasteiger partial charge on any atom is 0.339 e. The second-order valence-electron chi connectivity index (χ2n) is 2.54.